The van der Waals surface area contributed by atoms with E-state index in [0.29, 0.717) is 0 Å². The van der Waals surface area contributed by atoms with E-state index in [4.69, 9.17) is 0 Å². The molecule has 0 aliphatic carbocycles. The number of hydrogen-bond donors (Lipinski definition) is 0. The van der Waals surface area contributed by atoms with Crippen molar-refractivity contribution < 1.29 is 22.7 Å². The van der Waals surface area contributed by atoms with Crippen LogP contribution in [0.1, 0.15) is 12.8 Å². The molecule has 0 radical (unpaired) electrons. The van der Waals surface area contributed by atoms with Gasteiger partial charge in [0.15, 0.2) is 0 Å². The molecule has 0 atom stereocenters. The summed E-state index contributed by atoms with van der Waals surface area (Å²) in [4.78, 5) is 10.4. The minimum absolute atomic E-state index is 0.118. The Kier molecular flexibility index (Phi) is 4.39. The Morgan fingerprint density at radius 2 is 2.00 bits per heavy atom. The number of hydrogen-bond acceptors (Lipinski definition) is 2. The largest absolute Gasteiger partial charge is 0.469 e. The second kappa shape index (κ2) is 4.79. The number of alkyl halides is 3. The zero-order chi connectivity index (χ0) is 9.61. The van der Waals surface area contributed by atoms with Crippen molar-refractivity contribution in [2.75, 3.05) is 7.11 Å². The maximum Gasteiger partial charge on any atom is 0.392 e. The highest BCUT2D eigenvalue weighted by molar-refractivity contribution is 5.70. The molecule has 0 spiro atoms. The Labute approximate surface area is 68.0 Å². The fraction of sp³-hybridized carbons (Fsp3) is 0.571. The molecule has 0 unspecified atom stereocenters. The van der Waals surface area contributed by atoms with Crippen LogP contribution in [0.15, 0.2) is 12.2 Å². The van der Waals surface area contributed by atoms with E-state index < -0.39 is 18.6 Å². The summed E-state index contributed by atoms with van der Waals surface area (Å²) in [6.45, 7) is 0. The number of halogens is 3. The van der Waals surface area contributed by atoms with Gasteiger partial charge in [-0.05, 0) is 0 Å². The number of rotatable bonds is 3. The summed E-state index contributed by atoms with van der Waals surface area (Å²) in [6.07, 6.45) is -3.29. The lowest BCUT2D eigenvalue weighted by molar-refractivity contribution is -0.139. The predicted molar refractivity (Wildman–Crippen MR) is 36.4 cm³/mol. The van der Waals surface area contributed by atoms with Crippen LogP contribution in [0.5, 0.6) is 0 Å². The fourth-order valence-electron chi connectivity index (χ4n) is 0.480. The van der Waals surface area contributed by atoms with Crippen molar-refractivity contribution in [3.05, 3.63) is 12.2 Å². The monoisotopic (exact) mass is 182 g/mol. The Morgan fingerprint density at radius 3 is 2.42 bits per heavy atom. The molecule has 0 aromatic rings. The van der Waals surface area contributed by atoms with Crippen LogP contribution in [0.25, 0.3) is 0 Å². The van der Waals surface area contributed by atoms with E-state index in [2.05, 4.69) is 4.74 Å². The van der Waals surface area contributed by atoms with Crippen LogP contribution >= 0.6 is 0 Å². The molecule has 0 saturated carbocycles. The number of methoxy groups -OCH3 is 1. The first-order valence-electron chi connectivity index (χ1n) is 3.24. The van der Waals surface area contributed by atoms with Crippen molar-refractivity contribution in [3.8, 4) is 0 Å². The molecule has 0 saturated heterocycles. The molecule has 2 nitrogen and oxygen atoms in total. The van der Waals surface area contributed by atoms with Gasteiger partial charge in [-0.3, -0.25) is 4.79 Å². The highest BCUT2D eigenvalue weighted by atomic mass is 19.4. The van der Waals surface area contributed by atoms with Gasteiger partial charge >= 0.3 is 12.1 Å². The summed E-state index contributed by atoms with van der Waals surface area (Å²) in [6, 6.07) is 0. The molecule has 5 heteroatoms. The van der Waals surface area contributed by atoms with Gasteiger partial charge in [-0.2, -0.15) is 13.2 Å². The number of carbonyl (C=O) groups is 1. The van der Waals surface area contributed by atoms with Gasteiger partial charge in [-0.25, -0.2) is 0 Å². The van der Waals surface area contributed by atoms with E-state index in [1.807, 2.05) is 0 Å². The number of allylic oxidation sites excluding steroid dienone is 1. The first-order chi connectivity index (χ1) is 5.45. The summed E-state index contributed by atoms with van der Waals surface area (Å²) in [5.41, 5.74) is 0. The Bertz CT molecular complexity index is 172. The van der Waals surface area contributed by atoms with Gasteiger partial charge in [-0.15, -0.1) is 0 Å². The van der Waals surface area contributed by atoms with Crippen LogP contribution in [0, 0.1) is 0 Å². The predicted octanol–water partition coefficient (Wildman–Crippen LogP) is 2.06. The first kappa shape index (κ1) is 11.0. The van der Waals surface area contributed by atoms with E-state index in [1.54, 1.807) is 0 Å². The molecule has 0 rings (SSSR count). The quantitative estimate of drug-likeness (QED) is 0.493. The molecule has 0 aromatic carbocycles. The van der Waals surface area contributed by atoms with E-state index >= 15 is 0 Å². The van der Waals surface area contributed by atoms with Gasteiger partial charge in [0.1, 0.15) is 0 Å². The van der Waals surface area contributed by atoms with Gasteiger partial charge in [0, 0.05) is 0 Å². The Balaban J connectivity index is 3.58. The smallest absolute Gasteiger partial charge is 0.392 e. The van der Waals surface area contributed by atoms with Gasteiger partial charge in [0.25, 0.3) is 0 Å². The molecule has 0 aliphatic heterocycles. The lowest BCUT2D eigenvalue weighted by Crippen LogP contribution is -2.04. The molecular weight excluding hydrogens is 173 g/mol. The Morgan fingerprint density at radius 1 is 1.42 bits per heavy atom. The second-order valence-corrected chi connectivity index (χ2v) is 2.07. The molecule has 0 amide bonds. The third kappa shape index (κ3) is 7.11. The van der Waals surface area contributed by atoms with Gasteiger partial charge < -0.3 is 4.74 Å². The van der Waals surface area contributed by atoms with Crippen molar-refractivity contribution >= 4 is 5.97 Å². The van der Waals surface area contributed by atoms with Crippen LogP contribution in [-0.2, 0) is 9.53 Å². The van der Waals surface area contributed by atoms with E-state index in [9.17, 15) is 18.0 Å². The lowest BCUT2D eigenvalue weighted by atomic mass is 10.3. The second-order valence-electron chi connectivity index (χ2n) is 2.07. The highest BCUT2D eigenvalue weighted by Gasteiger charge is 2.24. The molecule has 0 heterocycles. The zero-order valence-electron chi connectivity index (χ0n) is 6.52. The van der Waals surface area contributed by atoms with E-state index in [-0.39, 0.29) is 6.42 Å². The molecule has 0 fully saturated rings. The molecule has 70 valence electrons. The summed E-state index contributed by atoms with van der Waals surface area (Å²) in [7, 11) is 1.18. The first-order valence-corrected chi connectivity index (χ1v) is 3.24. The third-order valence-electron chi connectivity index (χ3n) is 1.03. The minimum Gasteiger partial charge on any atom is -0.469 e. The van der Waals surface area contributed by atoms with Crippen molar-refractivity contribution in [2.45, 2.75) is 19.0 Å². The van der Waals surface area contributed by atoms with Gasteiger partial charge in [0.2, 0.25) is 0 Å². The van der Waals surface area contributed by atoms with Gasteiger partial charge in [-0.1, -0.05) is 12.2 Å². The lowest BCUT2D eigenvalue weighted by Gasteiger charge is -1.99. The number of esters is 1. The topological polar surface area (TPSA) is 26.3 Å². The standard InChI is InChI=1S/C7H9F3O2/c1-12-6(11)4-2-3-5-7(8,9)10/h2-3H,4-5H2,1H3/b3-2+. The molecule has 12 heavy (non-hydrogen) atoms. The van der Waals surface area contributed by atoms with Crippen LogP contribution in [-0.4, -0.2) is 19.3 Å². The maximum absolute atomic E-state index is 11.5. The van der Waals surface area contributed by atoms with Gasteiger partial charge in [0.05, 0.1) is 20.0 Å². The molecular formula is C7H9F3O2. The minimum atomic E-state index is -4.20. The number of carbonyl (C=O) groups excluding carboxylic acids is 1. The summed E-state index contributed by atoms with van der Waals surface area (Å²) in [5.74, 6) is -0.548. The molecule has 0 N–H and O–H groups in total. The summed E-state index contributed by atoms with van der Waals surface area (Å²) < 4.78 is 38.7. The molecule has 0 bridgehead atoms. The molecule has 0 aromatic heterocycles. The van der Waals surface area contributed by atoms with Crippen LogP contribution in [0.3, 0.4) is 0 Å². The van der Waals surface area contributed by atoms with Crippen LogP contribution in [0.4, 0.5) is 13.2 Å². The SMILES string of the molecule is COC(=O)C/C=C/CC(F)(F)F. The highest BCUT2D eigenvalue weighted by Crippen LogP contribution is 2.19. The average molecular weight is 182 g/mol. The molecule has 0 aliphatic rings. The van der Waals surface area contributed by atoms with Crippen molar-refractivity contribution in [1.29, 1.82) is 0 Å². The summed E-state index contributed by atoms with van der Waals surface area (Å²) >= 11 is 0. The van der Waals surface area contributed by atoms with Crippen LogP contribution in [0.2, 0.25) is 0 Å². The van der Waals surface area contributed by atoms with E-state index in [1.165, 1.54) is 7.11 Å². The van der Waals surface area contributed by atoms with Crippen molar-refractivity contribution in [3.63, 3.8) is 0 Å². The van der Waals surface area contributed by atoms with E-state index in [0.717, 1.165) is 12.2 Å². The fourth-order valence-corrected chi connectivity index (χ4v) is 0.480. The maximum atomic E-state index is 11.5. The third-order valence-corrected chi connectivity index (χ3v) is 1.03. The zero-order valence-corrected chi connectivity index (χ0v) is 6.52. The van der Waals surface area contributed by atoms with Crippen molar-refractivity contribution in [2.24, 2.45) is 0 Å². The Hall–Kier alpha value is -1.00. The normalized spacial score (nSPS) is 12.0. The average Bonchev–Trinajstić information content (AvgIpc) is 1.96. The number of ether oxygens (including phenoxy) is 1. The van der Waals surface area contributed by atoms with Crippen LogP contribution < -0.4 is 0 Å². The van der Waals surface area contributed by atoms with Crippen molar-refractivity contribution in [1.82, 2.24) is 0 Å². The summed E-state index contributed by atoms with van der Waals surface area (Å²) in [5, 5.41) is 0.